The maximum atomic E-state index is 9.59. The average molecular weight is 282 g/mol. The lowest BCUT2D eigenvalue weighted by Gasteiger charge is -2.56. The van der Waals surface area contributed by atoms with Crippen LogP contribution in [0.25, 0.3) is 11.0 Å². The first-order chi connectivity index (χ1) is 10.2. The van der Waals surface area contributed by atoms with E-state index in [-0.39, 0.29) is 0 Å². The minimum atomic E-state index is 0.313. The molecule has 1 aromatic carbocycles. The fourth-order valence-corrected chi connectivity index (χ4v) is 6.00. The summed E-state index contributed by atoms with van der Waals surface area (Å²) in [7, 11) is 0. The highest BCUT2D eigenvalue weighted by atomic mass is 16.3. The Balaban J connectivity index is 1.48. The Morgan fingerprint density at radius 1 is 1.10 bits per heavy atom. The second kappa shape index (κ2) is 4.02. The van der Waals surface area contributed by atoms with E-state index in [1.165, 1.54) is 38.5 Å². The van der Waals surface area contributed by atoms with Gasteiger partial charge in [0.1, 0.15) is 11.6 Å². The summed E-state index contributed by atoms with van der Waals surface area (Å²) in [6.07, 6.45) is 9.84. The molecule has 0 amide bonds. The number of fused-ring (bicyclic) bond motifs is 1. The van der Waals surface area contributed by atoms with Gasteiger partial charge < -0.3 is 10.1 Å². The topological polar surface area (TPSA) is 48.9 Å². The van der Waals surface area contributed by atoms with Gasteiger partial charge in [-0.15, -0.1) is 0 Å². The van der Waals surface area contributed by atoms with Crippen LogP contribution in [0, 0.1) is 23.2 Å². The number of nitrogens with one attached hydrogen (secondary N) is 1. The van der Waals surface area contributed by atoms with Gasteiger partial charge in [0.15, 0.2) is 0 Å². The first-order valence-electron chi connectivity index (χ1n) is 8.35. The van der Waals surface area contributed by atoms with Crippen molar-refractivity contribution < 1.29 is 5.11 Å². The summed E-state index contributed by atoms with van der Waals surface area (Å²) in [5.74, 6) is 4.41. The van der Waals surface area contributed by atoms with Gasteiger partial charge in [-0.25, -0.2) is 4.98 Å². The van der Waals surface area contributed by atoms with Crippen LogP contribution < -0.4 is 0 Å². The second-order valence-electron chi connectivity index (χ2n) is 7.98. The predicted octanol–water partition coefficient (Wildman–Crippen LogP) is 4.03. The molecule has 1 heterocycles. The molecule has 21 heavy (non-hydrogen) atoms. The fraction of sp³-hybridized carbons (Fsp3) is 0.611. The monoisotopic (exact) mass is 282 g/mol. The lowest BCUT2D eigenvalue weighted by Crippen LogP contribution is -2.47. The minimum Gasteiger partial charge on any atom is -0.508 e. The number of rotatable bonds is 2. The van der Waals surface area contributed by atoms with Crippen LogP contribution >= 0.6 is 0 Å². The molecule has 0 saturated heterocycles. The quantitative estimate of drug-likeness (QED) is 0.873. The highest BCUT2D eigenvalue weighted by Gasteiger charge is 2.50. The number of imidazole rings is 1. The molecule has 6 rings (SSSR count). The number of aromatic hydroxyl groups is 1. The van der Waals surface area contributed by atoms with Gasteiger partial charge in [-0.1, -0.05) is 0 Å². The second-order valence-corrected chi connectivity index (χ2v) is 7.98. The van der Waals surface area contributed by atoms with Crippen LogP contribution in [0.5, 0.6) is 5.75 Å². The predicted molar refractivity (Wildman–Crippen MR) is 82.1 cm³/mol. The number of aromatic amines is 1. The van der Waals surface area contributed by atoms with Crippen LogP contribution in [0.15, 0.2) is 18.2 Å². The van der Waals surface area contributed by atoms with E-state index < -0.39 is 0 Å². The molecule has 0 spiro atoms. The third-order valence-corrected chi connectivity index (χ3v) is 6.22. The Bertz CT molecular complexity index is 667. The first kappa shape index (κ1) is 12.1. The Labute approximate surface area is 124 Å². The number of H-pyrrole nitrogens is 1. The molecule has 4 saturated carbocycles. The summed E-state index contributed by atoms with van der Waals surface area (Å²) >= 11 is 0. The van der Waals surface area contributed by atoms with Gasteiger partial charge in [0, 0.05) is 12.5 Å². The van der Waals surface area contributed by atoms with Crippen molar-refractivity contribution in [1.82, 2.24) is 9.97 Å². The number of hydrogen-bond acceptors (Lipinski definition) is 2. The molecule has 0 unspecified atom stereocenters. The van der Waals surface area contributed by atoms with Gasteiger partial charge in [0.05, 0.1) is 11.0 Å². The van der Waals surface area contributed by atoms with E-state index in [1.54, 1.807) is 12.1 Å². The van der Waals surface area contributed by atoms with Crippen LogP contribution in [0.4, 0.5) is 0 Å². The first-order valence-corrected chi connectivity index (χ1v) is 8.35. The molecule has 0 radical (unpaired) electrons. The third-order valence-electron chi connectivity index (χ3n) is 6.22. The van der Waals surface area contributed by atoms with Crippen LogP contribution in [0.2, 0.25) is 0 Å². The zero-order valence-electron chi connectivity index (χ0n) is 12.3. The zero-order chi connectivity index (χ0) is 14.0. The highest BCUT2D eigenvalue weighted by Crippen LogP contribution is 2.60. The Kier molecular flexibility index (Phi) is 2.31. The standard InChI is InChI=1S/C18H22N2O/c21-14-1-2-15-16(6-14)20-17(19-15)10-18-7-11-3-12(8-18)5-13(4-11)9-18/h1-2,6,11-13,21H,3-5,7-10H2,(H,19,20). The Morgan fingerprint density at radius 2 is 1.76 bits per heavy atom. The maximum Gasteiger partial charge on any atom is 0.117 e. The van der Waals surface area contributed by atoms with Gasteiger partial charge >= 0.3 is 0 Å². The molecular formula is C18H22N2O. The molecule has 4 fully saturated rings. The molecule has 2 aromatic rings. The summed E-state index contributed by atoms with van der Waals surface area (Å²) in [6.45, 7) is 0. The normalized spacial score (nSPS) is 37.4. The average Bonchev–Trinajstić information content (AvgIpc) is 2.77. The molecule has 1 aromatic heterocycles. The lowest BCUT2D eigenvalue weighted by atomic mass is 9.49. The molecule has 3 heteroatoms. The van der Waals surface area contributed by atoms with Crippen molar-refractivity contribution in [2.45, 2.75) is 44.9 Å². The van der Waals surface area contributed by atoms with E-state index in [2.05, 4.69) is 4.98 Å². The molecule has 4 aliphatic rings. The van der Waals surface area contributed by atoms with Gasteiger partial charge in [-0.3, -0.25) is 0 Å². The lowest BCUT2D eigenvalue weighted by molar-refractivity contribution is -0.0530. The van der Waals surface area contributed by atoms with Gasteiger partial charge in [0.2, 0.25) is 0 Å². The van der Waals surface area contributed by atoms with Gasteiger partial charge in [-0.05, 0) is 73.8 Å². The maximum absolute atomic E-state index is 9.59. The van der Waals surface area contributed by atoms with E-state index >= 15 is 0 Å². The van der Waals surface area contributed by atoms with Crippen molar-refractivity contribution in [1.29, 1.82) is 0 Å². The number of aromatic nitrogens is 2. The summed E-state index contributed by atoms with van der Waals surface area (Å²) in [6, 6.07) is 5.41. The molecular weight excluding hydrogens is 260 g/mol. The molecule has 110 valence electrons. The SMILES string of the molecule is Oc1ccc2nc(CC34CC5CC(CC(C5)C3)C4)[nH]c2c1. The summed E-state index contributed by atoms with van der Waals surface area (Å²) in [4.78, 5) is 8.20. The zero-order valence-corrected chi connectivity index (χ0v) is 12.3. The fourth-order valence-electron chi connectivity index (χ4n) is 6.00. The van der Waals surface area contributed by atoms with Crippen LogP contribution in [-0.2, 0) is 6.42 Å². The number of hydrogen-bond donors (Lipinski definition) is 2. The largest absolute Gasteiger partial charge is 0.508 e. The van der Waals surface area contributed by atoms with Gasteiger partial charge in [-0.2, -0.15) is 0 Å². The van der Waals surface area contributed by atoms with Crippen molar-refractivity contribution in [2.24, 2.45) is 23.2 Å². The highest BCUT2D eigenvalue weighted by molar-refractivity contribution is 5.76. The van der Waals surface area contributed by atoms with E-state index in [4.69, 9.17) is 4.98 Å². The van der Waals surface area contributed by atoms with Crippen molar-refractivity contribution in [3.8, 4) is 5.75 Å². The van der Waals surface area contributed by atoms with E-state index in [0.29, 0.717) is 11.2 Å². The van der Waals surface area contributed by atoms with E-state index in [1.807, 2.05) is 6.07 Å². The van der Waals surface area contributed by atoms with Crippen molar-refractivity contribution in [3.05, 3.63) is 24.0 Å². The number of phenolic OH excluding ortho intramolecular Hbond substituents is 1. The molecule has 0 atom stereocenters. The molecule has 0 aliphatic heterocycles. The number of benzene rings is 1. The van der Waals surface area contributed by atoms with Crippen molar-refractivity contribution >= 4 is 11.0 Å². The Hall–Kier alpha value is -1.51. The Morgan fingerprint density at radius 3 is 2.43 bits per heavy atom. The third kappa shape index (κ3) is 1.90. The van der Waals surface area contributed by atoms with Gasteiger partial charge in [0.25, 0.3) is 0 Å². The molecule has 4 bridgehead atoms. The van der Waals surface area contributed by atoms with Crippen molar-refractivity contribution in [3.63, 3.8) is 0 Å². The minimum absolute atomic E-state index is 0.313. The number of phenols is 1. The summed E-state index contributed by atoms with van der Waals surface area (Å²) < 4.78 is 0. The molecule has 2 N–H and O–H groups in total. The smallest absolute Gasteiger partial charge is 0.117 e. The summed E-state index contributed by atoms with van der Waals surface area (Å²) in [5, 5.41) is 9.59. The van der Waals surface area contributed by atoms with Crippen LogP contribution in [0.1, 0.15) is 44.3 Å². The molecule has 3 nitrogen and oxygen atoms in total. The summed E-state index contributed by atoms with van der Waals surface area (Å²) in [5.41, 5.74) is 2.47. The van der Waals surface area contributed by atoms with E-state index in [9.17, 15) is 5.11 Å². The van der Waals surface area contributed by atoms with Crippen LogP contribution in [0.3, 0.4) is 0 Å². The van der Waals surface area contributed by atoms with Crippen molar-refractivity contribution in [2.75, 3.05) is 0 Å². The van der Waals surface area contributed by atoms with E-state index in [0.717, 1.165) is 41.0 Å². The molecule has 4 aliphatic carbocycles. The van der Waals surface area contributed by atoms with Crippen LogP contribution in [-0.4, -0.2) is 15.1 Å². The number of nitrogens with zero attached hydrogens (tertiary/aromatic N) is 1.